The molecule has 0 aliphatic rings. The second-order valence-electron chi connectivity index (χ2n) is 4.30. The molecule has 0 bridgehead atoms. The van der Waals surface area contributed by atoms with E-state index in [9.17, 15) is 8.42 Å². The normalized spacial score (nSPS) is 13.4. The Morgan fingerprint density at radius 3 is 2.89 bits per heavy atom. The van der Waals surface area contributed by atoms with E-state index in [1.807, 2.05) is 17.7 Å². The van der Waals surface area contributed by atoms with Gasteiger partial charge in [0, 0.05) is 31.2 Å². The molecule has 0 aliphatic heterocycles. The quantitative estimate of drug-likeness (QED) is 0.847. The molecular formula is C10H15N5O2S2. The molecule has 0 saturated carbocycles. The van der Waals surface area contributed by atoms with Crippen molar-refractivity contribution < 1.29 is 8.42 Å². The highest BCUT2D eigenvalue weighted by molar-refractivity contribution is 7.91. The molecule has 0 fully saturated rings. The number of aromatic nitrogens is 3. The van der Waals surface area contributed by atoms with E-state index in [0.717, 1.165) is 17.8 Å². The van der Waals surface area contributed by atoms with Gasteiger partial charge < -0.3 is 15.6 Å². The predicted molar refractivity (Wildman–Crippen MR) is 74.9 cm³/mol. The summed E-state index contributed by atoms with van der Waals surface area (Å²) in [6, 6.07) is 0.0227. The number of nitrogens with zero attached hydrogens (tertiary/aromatic N) is 3. The lowest BCUT2D eigenvalue weighted by molar-refractivity contribution is 0.601. The number of anilines is 2. The molecule has 0 radical (unpaired) electrons. The molecule has 0 amide bonds. The summed E-state index contributed by atoms with van der Waals surface area (Å²) in [5.41, 5.74) is 5.60. The van der Waals surface area contributed by atoms with Crippen LogP contribution in [0.25, 0.3) is 0 Å². The van der Waals surface area contributed by atoms with Crippen LogP contribution in [0.1, 0.15) is 6.92 Å². The van der Waals surface area contributed by atoms with Gasteiger partial charge in [-0.1, -0.05) is 0 Å². The van der Waals surface area contributed by atoms with E-state index in [1.165, 1.54) is 0 Å². The van der Waals surface area contributed by atoms with E-state index >= 15 is 0 Å². The summed E-state index contributed by atoms with van der Waals surface area (Å²) in [4.78, 5) is 4.03. The molecule has 19 heavy (non-hydrogen) atoms. The van der Waals surface area contributed by atoms with Crippen molar-refractivity contribution in [2.75, 3.05) is 17.3 Å². The summed E-state index contributed by atoms with van der Waals surface area (Å²) in [6.45, 7) is 2.61. The minimum atomic E-state index is -3.39. The number of nitrogens with one attached hydrogen (secondary N) is 1. The third-order valence-electron chi connectivity index (χ3n) is 2.47. The van der Waals surface area contributed by atoms with Gasteiger partial charge in [-0.3, -0.25) is 0 Å². The Labute approximate surface area is 115 Å². The van der Waals surface area contributed by atoms with Crippen LogP contribution in [0.3, 0.4) is 0 Å². The van der Waals surface area contributed by atoms with Gasteiger partial charge in [-0.2, -0.15) is 4.37 Å². The largest absolute Gasteiger partial charge is 0.382 e. The van der Waals surface area contributed by atoms with Gasteiger partial charge in [-0.25, -0.2) is 13.4 Å². The third kappa shape index (κ3) is 3.24. The maximum Gasteiger partial charge on any atom is 0.182 e. The molecule has 2 aromatic rings. The van der Waals surface area contributed by atoms with Crippen LogP contribution in [0.4, 0.5) is 10.8 Å². The van der Waals surface area contributed by atoms with Gasteiger partial charge in [-0.15, -0.1) is 0 Å². The van der Waals surface area contributed by atoms with Crippen LogP contribution in [-0.2, 0) is 16.4 Å². The lowest BCUT2D eigenvalue weighted by atomic mass is 10.3. The van der Waals surface area contributed by atoms with Crippen molar-refractivity contribution in [2.45, 2.75) is 24.4 Å². The lowest BCUT2D eigenvalue weighted by Gasteiger charge is -2.14. The number of imidazole rings is 1. The van der Waals surface area contributed by atoms with Crippen LogP contribution in [-0.4, -0.2) is 34.6 Å². The summed E-state index contributed by atoms with van der Waals surface area (Å²) in [5.74, 6) is 0.0461. The van der Waals surface area contributed by atoms with Crippen molar-refractivity contribution in [1.29, 1.82) is 0 Å². The van der Waals surface area contributed by atoms with E-state index in [0.29, 0.717) is 11.5 Å². The fourth-order valence-corrected chi connectivity index (χ4v) is 3.89. The summed E-state index contributed by atoms with van der Waals surface area (Å²) >= 11 is 1.05. The Kier molecular flexibility index (Phi) is 3.76. The first kappa shape index (κ1) is 13.8. The van der Waals surface area contributed by atoms with Crippen molar-refractivity contribution in [3.63, 3.8) is 0 Å². The number of hydrogen-bond donors (Lipinski definition) is 2. The highest BCUT2D eigenvalue weighted by atomic mass is 32.2. The van der Waals surface area contributed by atoms with Gasteiger partial charge in [-0.05, 0) is 18.5 Å². The van der Waals surface area contributed by atoms with Crippen molar-refractivity contribution in [1.82, 2.24) is 13.9 Å². The molecule has 0 spiro atoms. The second-order valence-corrected chi connectivity index (χ2v) is 7.03. The molecule has 0 aromatic carbocycles. The topological polar surface area (TPSA) is 103 Å². The first-order valence-electron chi connectivity index (χ1n) is 5.55. The Morgan fingerprint density at radius 2 is 2.32 bits per heavy atom. The van der Waals surface area contributed by atoms with Crippen molar-refractivity contribution in [2.24, 2.45) is 0 Å². The predicted octanol–water partition coefficient (Wildman–Crippen LogP) is 0.826. The van der Waals surface area contributed by atoms with Gasteiger partial charge in [0.05, 0.1) is 6.33 Å². The van der Waals surface area contributed by atoms with Gasteiger partial charge in [0.1, 0.15) is 9.90 Å². The number of rotatable bonds is 5. The molecule has 2 rings (SSSR count). The molecule has 2 aromatic heterocycles. The second kappa shape index (κ2) is 5.17. The molecule has 7 nitrogen and oxygen atoms in total. The van der Waals surface area contributed by atoms with E-state index < -0.39 is 9.84 Å². The zero-order chi connectivity index (χ0) is 14.0. The average Bonchev–Trinajstić information content (AvgIpc) is 2.87. The first-order valence-corrected chi connectivity index (χ1v) is 8.22. The maximum atomic E-state index is 11.7. The van der Waals surface area contributed by atoms with Gasteiger partial charge in [0.15, 0.2) is 15.7 Å². The molecule has 0 aliphatic carbocycles. The zero-order valence-corrected chi connectivity index (χ0v) is 12.2. The third-order valence-corrected chi connectivity index (χ3v) is 4.54. The first-order chi connectivity index (χ1) is 8.88. The molecule has 0 saturated heterocycles. The maximum absolute atomic E-state index is 11.7. The summed E-state index contributed by atoms with van der Waals surface area (Å²) in [6.07, 6.45) is 6.37. The van der Waals surface area contributed by atoms with Crippen LogP contribution < -0.4 is 11.1 Å². The number of nitrogen functional groups attached to an aromatic ring is 1. The average molecular weight is 301 g/mol. The van der Waals surface area contributed by atoms with Gasteiger partial charge >= 0.3 is 0 Å². The summed E-state index contributed by atoms with van der Waals surface area (Å²) in [7, 11) is -3.39. The van der Waals surface area contributed by atoms with Crippen LogP contribution in [0, 0.1) is 0 Å². The van der Waals surface area contributed by atoms with Gasteiger partial charge in [0.2, 0.25) is 0 Å². The molecule has 2 heterocycles. The van der Waals surface area contributed by atoms with Crippen LogP contribution >= 0.6 is 11.5 Å². The number of sulfone groups is 1. The molecule has 104 valence electrons. The highest BCUT2D eigenvalue weighted by Crippen LogP contribution is 2.31. The Bertz CT molecular complexity index is 648. The molecule has 3 N–H and O–H groups in total. The van der Waals surface area contributed by atoms with E-state index in [-0.39, 0.29) is 16.8 Å². The molecule has 9 heteroatoms. The highest BCUT2D eigenvalue weighted by Gasteiger charge is 2.22. The van der Waals surface area contributed by atoms with Crippen LogP contribution in [0.15, 0.2) is 23.6 Å². The van der Waals surface area contributed by atoms with Gasteiger partial charge in [0.25, 0.3) is 0 Å². The Balaban J connectivity index is 2.16. The van der Waals surface area contributed by atoms with Crippen LogP contribution in [0.5, 0.6) is 0 Å². The van der Waals surface area contributed by atoms with E-state index in [1.54, 1.807) is 12.5 Å². The lowest BCUT2D eigenvalue weighted by Crippen LogP contribution is -2.21. The SMILES string of the molecule is CC(Cn1ccnc1)Nc1snc(N)c1S(C)(=O)=O. The Hall–Kier alpha value is -1.61. The standard InChI is InChI=1S/C10H15N5O2S2/c1-7(5-15-4-3-12-6-15)13-10-8(19(2,16)17)9(11)14-18-10/h3-4,6-7,13H,5H2,1-2H3,(H2,11,14). The molecule has 1 atom stereocenters. The monoisotopic (exact) mass is 301 g/mol. The van der Waals surface area contributed by atoms with Crippen molar-refractivity contribution >= 4 is 32.2 Å². The van der Waals surface area contributed by atoms with Crippen molar-refractivity contribution in [3.8, 4) is 0 Å². The minimum Gasteiger partial charge on any atom is -0.382 e. The minimum absolute atomic E-state index is 0.0227. The fourth-order valence-electron chi connectivity index (χ4n) is 1.72. The summed E-state index contributed by atoms with van der Waals surface area (Å²) < 4.78 is 29.1. The molecule has 1 unspecified atom stereocenters. The molecular weight excluding hydrogens is 286 g/mol. The number of nitrogens with two attached hydrogens (primary N) is 1. The zero-order valence-electron chi connectivity index (χ0n) is 10.6. The van der Waals surface area contributed by atoms with Crippen molar-refractivity contribution in [3.05, 3.63) is 18.7 Å². The number of hydrogen-bond acceptors (Lipinski definition) is 7. The van der Waals surface area contributed by atoms with E-state index in [4.69, 9.17) is 5.73 Å². The smallest absolute Gasteiger partial charge is 0.182 e. The Morgan fingerprint density at radius 1 is 1.58 bits per heavy atom. The summed E-state index contributed by atoms with van der Waals surface area (Å²) in [5, 5.41) is 3.60. The van der Waals surface area contributed by atoms with E-state index in [2.05, 4.69) is 14.7 Å². The fraction of sp³-hybridized carbons (Fsp3) is 0.400. The van der Waals surface area contributed by atoms with Crippen LogP contribution in [0.2, 0.25) is 0 Å².